The van der Waals surface area contributed by atoms with E-state index in [1.807, 2.05) is 20.8 Å². The minimum atomic E-state index is -4.49. The summed E-state index contributed by atoms with van der Waals surface area (Å²) in [6, 6.07) is 5.66. The highest BCUT2D eigenvalue weighted by atomic mass is 19.4. The number of ether oxygens (including phenoxy) is 1. The maximum Gasteiger partial charge on any atom is 0.435 e. The molecule has 1 N–H and O–H groups in total. The summed E-state index contributed by atoms with van der Waals surface area (Å²) in [4.78, 5) is 4.12. The van der Waals surface area contributed by atoms with Crippen LogP contribution in [-0.4, -0.2) is 20.8 Å². The fraction of sp³-hybridized carbons (Fsp3) is 0.400. The molecule has 0 aliphatic carbocycles. The van der Waals surface area contributed by atoms with Crippen molar-refractivity contribution in [1.82, 2.24) is 15.2 Å². The molecular weight excluding hydrogens is 309 g/mol. The van der Waals surface area contributed by atoms with Gasteiger partial charge in [0.2, 0.25) is 5.88 Å². The van der Waals surface area contributed by atoms with Crippen LogP contribution in [0, 0.1) is 0 Å². The van der Waals surface area contributed by atoms with E-state index in [4.69, 9.17) is 4.74 Å². The van der Waals surface area contributed by atoms with E-state index in [1.165, 1.54) is 6.07 Å². The number of pyridine rings is 1. The first-order valence-electron chi connectivity index (χ1n) is 6.92. The number of alkyl halides is 3. The summed E-state index contributed by atoms with van der Waals surface area (Å²) in [7, 11) is 0. The summed E-state index contributed by atoms with van der Waals surface area (Å²) < 4.78 is 42.9. The Hall–Kier alpha value is -2.38. The summed E-state index contributed by atoms with van der Waals surface area (Å²) >= 11 is 0. The van der Waals surface area contributed by atoms with Gasteiger partial charge in [0.1, 0.15) is 11.4 Å². The minimum Gasteiger partial charge on any atom is -0.472 e. The first kappa shape index (κ1) is 17.0. The van der Waals surface area contributed by atoms with Gasteiger partial charge in [-0.05, 0) is 44.5 Å². The van der Waals surface area contributed by atoms with Crippen LogP contribution in [0.15, 0.2) is 30.5 Å². The van der Waals surface area contributed by atoms with E-state index in [1.54, 1.807) is 18.3 Å². The molecule has 2 rings (SSSR count). The molecule has 5 nitrogen and oxygen atoms in total. The van der Waals surface area contributed by atoms with Crippen molar-refractivity contribution in [3.8, 4) is 5.88 Å². The number of halogens is 3. The second-order valence-electron chi connectivity index (χ2n) is 5.87. The van der Waals surface area contributed by atoms with Gasteiger partial charge < -0.3 is 10.1 Å². The lowest BCUT2D eigenvalue weighted by Crippen LogP contribution is -2.23. The van der Waals surface area contributed by atoms with Gasteiger partial charge in [0.25, 0.3) is 0 Å². The van der Waals surface area contributed by atoms with Gasteiger partial charge in [-0.2, -0.15) is 13.2 Å². The van der Waals surface area contributed by atoms with Crippen LogP contribution < -0.4 is 10.1 Å². The minimum absolute atomic E-state index is 0.258. The lowest BCUT2D eigenvalue weighted by Gasteiger charge is -2.20. The summed E-state index contributed by atoms with van der Waals surface area (Å²) in [5, 5.41) is 9.57. The molecule has 2 aromatic rings. The molecular formula is C15H17F3N4O. The molecule has 0 atom stereocenters. The van der Waals surface area contributed by atoms with E-state index in [2.05, 4.69) is 20.5 Å². The zero-order valence-corrected chi connectivity index (χ0v) is 13.0. The summed E-state index contributed by atoms with van der Waals surface area (Å²) in [5.74, 6) is 0.739. The molecule has 0 fully saturated rings. The average molecular weight is 326 g/mol. The highest BCUT2D eigenvalue weighted by Gasteiger charge is 2.32. The van der Waals surface area contributed by atoms with Crippen LogP contribution in [0.2, 0.25) is 0 Å². The van der Waals surface area contributed by atoms with Gasteiger partial charge in [-0.1, -0.05) is 0 Å². The van der Waals surface area contributed by atoms with Crippen molar-refractivity contribution in [3.63, 3.8) is 0 Å². The Morgan fingerprint density at radius 2 is 1.83 bits per heavy atom. The van der Waals surface area contributed by atoms with Crippen LogP contribution in [0.25, 0.3) is 0 Å². The molecule has 23 heavy (non-hydrogen) atoms. The lowest BCUT2D eigenvalue weighted by molar-refractivity contribution is -0.141. The highest BCUT2D eigenvalue weighted by Crippen LogP contribution is 2.27. The molecule has 0 amide bonds. The normalized spacial score (nSPS) is 12.1. The molecule has 2 aromatic heterocycles. The average Bonchev–Trinajstić information content (AvgIpc) is 2.43. The molecule has 0 saturated carbocycles. The molecule has 124 valence electrons. The fourth-order valence-corrected chi connectivity index (χ4v) is 1.70. The lowest BCUT2D eigenvalue weighted by atomic mass is 10.2. The Morgan fingerprint density at radius 1 is 1.09 bits per heavy atom. The van der Waals surface area contributed by atoms with E-state index < -0.39 is 11.9 Å². The van der Waals surface area contributed by atoms with Crippen LogP contribution in [-0.2, 0) is 12.7 Å². The van der Waals surface area contributed by atoms with Crippen LogP contribution in [0.4, 0.5) is 19.0 Å². The Morgan fingerprint density at radius 3 is 2.39 bits per heavy atom. The predicted molar refractivity (Wildman–Crippen MR) is 79.0 cm³/mol. The molecule has 8 heteroatoms. The largest absolute Gasteiger partial charge is 0.472 e. The van der Waals surface area contributed by atoms with Gasteiger partial charge in [0.05, 0.1) is 0 Å². The smallest absolute Gasteiger partial charge is 0.435 e. The van der Waals surface area contributed by atoms with Crippen molar-refractivity contribution < 1.29 is 17.9 Å². The Bertz CT molecular complexity index is 651. The molecule has 2 heterocycles. The standard InChI is InChI=1S/C15H17F3N4O/c1-14(2,3)23-13-8-10(6-7-19-13)9-20-12-5-4-11(21-22-12)15(16,17)18/h4-8H,9H2,1-3H3,(H,20,22). The number of hydrogen-bond acceptors (Lipinski definition) is 5. The molecule has 0 spiro atoms. The van der Waals surface area contributed by atoms with Crippen molar-refractivity contribution in [3.05, 3.63) is 41.7 Å². The molecule has 0 aliphatic heterocycles. The van der Waals surface area contributed by atoms with Gasteiger partial charge in [0.15, 0.2) is 5.69 Å². The van der Waals surface area contributed by atoms with Crippen LogP contribution in [0.5, 0.6) is 5.88 Å². The summed E-state index contributed by atoms with van der Waals surface area (Å²) in [6.07, 6.45) is -2.88. The number of rotatable bonds is 4. The van der Waals surface area contributed by atoms with Crippen LogP contribution in [0.1, 0.15) is 32.0 Å². The second-order valence-corrected chi connectivity index (χ2v) is 5.87. The number of nitrogens with one attached hydrogen (secondary N) is 1. The number of aromatic nitrogens is 3. The maximum absolute atomic E-state index is 12.4. The Labute approximate surface area is 131 Å². The van der Waals surface area contributed by atoms with Crippen molar-refractivity contribution in [1.29, 1.82) is 0 Å². The topological polar surface area (TPSA) is 59.9 Å². The fourth-order valence-electron chi connectivity index (χ4n) is 1.70. The zero-order valence-electron chi connectivity index (χ0n) is 13.0. The number of hydrogen-bond donors (Lipinski definition) is 1. The van der Waals surface area contributed by atoms with Gasteiger partial charge in [-0.3, -0.25) is 0 Å². The molecule has 0 aromatic carbocycles. The van der Waals surface area contributed by atoms with Gasteiger partial charge >= 0.3 is 6.18 Å². The van der Waals surface area contributed by atoms with Crippen molar-refractivity contribution in [2.75, 3.05) is 5.32 Å². The van der Waals surface area contributed by atoms with E-state index in [0.717, 1.165) is 11.6 Å². The van der Waals surface area contributed by atoms with Crippen LogP contribution in [0.3, 0.4) is 0 Å². The van der Waals surface area contributed by atoms with Gasteiger partial charge in [-0.25, -0.2) is 4.98 Å². The monoisotopic (exact) mass is 326 g/mol. The van der Waals surface area contributed by atoms with Gasteiger partial charge in [0, 0.05) is 18.8 Å². The Balaban J connectivity index is 1.99. The van der Waals surface area contributed by atoms with Crippen molar-refractivity contribution >= 4 is 5.82 Å². The third-order valence-electron chi connectivity index (χ3n) is 2.64. The summed E-state index contributed by atoms with van der Waals surface area (Å²) in [6.45, 7) is 6.11. The summed E-state index contributed by atoms with van der Waals surface area (Å²) in [5.41, 5.74) is -0.522. The number of anilines is 1. The van der Waals surface area contributed by atoms with Crippen molar-refractivity contribution in [2.45, 2.75) is 39.1 Å². The molecule has 0 aliphatic rings. The number of nitrogens with zero attached hydrogens (tertiary/aromatic N) is 3. The van der Waals surface area contributed by atoms with E-state index in [-0.39, 0.29) is 11.4 Å². The van der Waals surface area contributed by atoms with Crippen molar-refractivity contribution in [2.24, 2.45) is 0 Å². The predicted octanol–water partition coefficient (Wildman–Crippen LogP) is 3.68. The van der Waals surface area contributed by atoms with E-state index >= 15 is 0 Å². The first-order chi connectivity index (χ1) is 10.6. The maximum atomic E-state index is 12.4. The van der Waals surface area contributed by atoms with Crippen LogP contribution >= 0.6 is 0 Å². The molecule has 0 radical (unpaired) electrons. The molecule has 0 bridgehead atoms. The molecule has 0 saturated heterocycles. The quantitative estimate of drug-likeness (QED) is 0.929. The second kappa shape index (κ2) is 6.39. The third-order valence-corrected chi connectivity index (χ3v) is 2.64. The SMILES string of the molecule is CC(C)(C)Oc1cc(CNc2ccc(C(F)(F)F)nn2)ccn1. The highest BCUT2D eigenvalue weighted by molar-refractivity contribution is 5.35. The van der Waals surface area contributed by atoms with E-state index in [9.17, 15) is 13.2 Å². The first-order valence-corrected chi connectivity index (χ1v) is 6.92. The van der Waals surface area contributed by atoms with E-state index in [0.29, 0.717) is 12.4 Å². The van der Waals surface area contributed by atoms with Gasteiger partial charge in [-0.15, -0.1) is 10.2 Å². The molecule has 0 unspecified atom stereocenters. The Kier molecular flexibility index (Phi) is 4.72. The zero-order chi connectivity index (χ0) is 17.1. The third kappa shape index (κ3) is 5.39.